The summed E-state index contributed by atoms with van der Waals surface area (Å²) in [5.41, 5.74) is 0.834. The van der Waals surface area contributed by atoms with Crippen molar-refractivity contribution in [2.24, 2.45) is 5.41 Å². The number of non-ortho nitro benzene ring substituents is 1. The van der Waals surface area contributed by atoms with Crippen molar-refractivity contribution in [3.8, 4) is 0 Å². The summed E-state index contributed by atoms with van der Waals surface area (Å²) >= 11 is 4.37. The highest BCUT2D eigenvalue weighted by molar-refractivity contribution is 7.80. The molecule has 6 nitrogen and oxygen atoms in total. The lowest BCUT2D eigenvalue weighted by Crippen LogP contribution is -2.38. The lowest BCUT2D eigenvalue weighted by molar-refractivity contribution is -0.384. The maximum Gasteiger partial charge on any atom is 0.419 e. The summed E-state index contributed by atoms with van der Waals surface area (Å²) in [6.07, 6.45) is 3.17. The van der Waals surface area contributed by atoms with Gasteiger partial charge in [0.25, 0.3) is 5.69 Å². The summed E-state index contributed by atoms with van der Waals surface area (Å²) < 4.78 is 6.65. The molecule has 0 N–H and O–H groups in total. The lowest BCUT2D eigenvalue weighted by atomic mass is 9.70. The highest BCUT2D eigenvalue weighted by atomic mass is 32.1. The van der Waals surface area contributed by atoms with Crippen LogP contribution >= 0.6 is 12.6 Å². The average molecular weight is 294 g/mol. The number of fused-ring (bicyclic) bond motifs is 1. The van der Waals surface area contributed by atoms with Crippen molar-refractivity contribution in [2.75, 3.05) is 5.75 Å². The third-order valence-corrected chi connectivity index (χ3v) is 4.78. The molecule has 0 saturated heterocycles. The van der Waals surface area contributed by atoms with Crippen molar-refractivity contribution < 1.29 is 9.34 Å². The first-order valence-corrected chi connectivity index (χ1v) is 7.07. The Kier molecular flexibility index (Phi) is 3.08. The van der Waals surface area contributed by atoms with Crippen molar-refractivity contribution in [2.45, 2.75) is 25.8 Å². The number of aromatic nitrogens is 1. The summed E-state index contributed by atoms with van der Waals surface area (Å²) in [6, 6.07) is 4.21. The Hall–Kier alpha value is -1.76. The van der Waals surface area contributed by atoms with Crippen LogP contribution < -0.4 is 5.76 Å². The molecular formula is C13H14N2O4S. The first-order valence-electron chi connectivity index (χ1n) is 6.43. The van der Waals surface area contributed by atoms with Crippen molar-refractivity contribution in [3.63, 3.8) is 0 Å². The Morgan fingerprint density at radius 2 is 2.20 bits per heavy atom. The third kappa shape index (κ3) is 2.02. The largest absolute Gasteiger partial charge is 0.419 e. The van der Waals surface area contributed by atoms with Gasteiger partial charge in [-0.25, -0.2) is 4.79 Å². The number of nitrogens with zero attached hydrogens (tertiary/aromatic N) is 2. The van der Waals surface area contributed by atoms with Crippen LogP contribution in [-0.4, -0.2) is 15.2 Å². The second kappa shape index (κ2) is 4.66. The van der Waals surface area contributed by atoms with Crippen LogP contribution in [0, 0.1) is 15.5 Å². The first-order chi connectivity index (χ1) is 9.54. The van der Waals surface area contributed by atoms with Gasteiger partial charge in [0.2, 0.25) is 0 Å². The van der Waals surface area contributed by atoms with E-state index in [1.54, 1.807) is 0 Å². The number of nitro groups is 1. The van der Waals surface area contributed by atoms with Gasteiger partial charge < -0.3 is 4.42 Å². The van der Waals surface area contributed by atoms with E-state index < -0.39 is 10.7 Å². The van der Waals surface area contributed by atoms with Crippen LogP contribution in [0.3, 0.4) is 0 Å². The minimum absolute atomic E-state index is 0.00830. The van der Waals surface area contributed by atoms with Gasteiger partial charge in [-0.05, 0) is 30.1 Å². The van der Waals surface area contributed by atoms with Crippen LogP contribution in [0.5, 0.6) is 0 Å². The van der Waals surface area contributed by atoms with Gasteiger partial charge in [0.05, 0.1) is 10.4 Å². The van der Waals surface area contributed by atoms with Crippen LogP contribution in [0.15, 0.2) is 27.4 Å². The molecule has 0 unspecified atom stereocenters. The predicted octanol–water partition coefficient (Wildman–Crippen LogP) is 2.60. The first kappa shape index (κ1) is 13.2. The van der Waals surface area contributed by atoms with E-state index in [-0.39, 0.29) is 11.1 Å². The van der Waals surface area contributed by atoms with E-state index in [9.17, 15) is 14.9 Å². The van der Waals surface area contributed by atoms with Gasteiger partial charge in [0.15, 0.2) is 5.58 Å². The molecule has 0 aliphatic heterocycles. The monoisotopic (exact) mass is 294 g/mol. The number of rotatable bonds is 4. The average Bonchev–Trinajstić information content (AvgIpc) is 2.68. The smallest absolute Gasteiger partial charge is 0.408 e. The zero-order valence-electron chi connectivity index (χ0n) is 10.7. The number of thiol groups is 1. The van der Waals surface area contributed by atoms with Crippen LogP contribution in [0.2, 0.25) is 0 Å². The molecule has 0 radical (unpaired) electrons. The third-order valence-electron chi connectivity index (χ3n) is 4.10. The molecule has 1 aliphatic rings. The molecule has 1 saturated carbocycles. The minimum atomic E-state index is -0.473. The van der Waals surface area contributed by atoms with Gasteiger partial charge in [-0.15, -0.1) is 0 Å². The van der Waals surface area contributed by atoms with E-state index in [4.69, 9.17) is 4.42 Å². The second-order valence-electron chi connectivity index (χ2n) is 5.37. The zero-order chi connectivity index (χ0) is 14.3. The molecule has 1 aliphatic carbocycles. The fourth-order valence-corrected chi connectivity index (χ4v) is 3.11. The molecule has 1 aromatic heterocycles. The number of hydrogen-bond acceptors (Lipinski definition) is 5. The van der Waals surface area contributed by atoms with Crippen LogP contribution in [0.1, 0.15) is 19.3 Å². The van der Waals surface area contributed by atoms with E-state index in [2.05, 4.69) is 12.6 Å². The normalized spacial score (nSPS) is 17.1. The summed E-state index contributed by atoms with van der Waals surface area (Å²) in [5, 5.41) is 10.8. The van der Waals surface area contributed by atoms with E-state index in [1.165, 1.54) is 22.8 Å². The zero-order valence-corrected chi connectivity index (χ0v) is 11.6. The molecule has 2 aromatic rings. The molecule has 1 aromatic carbocycles. The van der Waals surface area contributed by atoms with Crippen LogP contribution in [-0.2, 0) is 6.54 Å². The van der Waals surface area contributed by atoms with Crippen molar-refractivity contribution in [3.05, 3.63) is 38.9 Å². The van der Waals surface area contributed by atoms with Crippen molar-refractivity contribution in [1.82, 2.24) is 4.57 Å². The lowest BCUT2D eigenvalue weighted by Gasteiger charge is -2.40. The SMILES string of the molecule is O=c1oc2ccc([N+](=O)[O-])cc2n1CC1(CS)CCC1. The quantitative estimate of drug-likeness (QED) is 0.534. The molecule has 7 heteroatoms. The maximum absolute atomic E-state index is 12.0. The highest BCUT2D eigenvalue weighted by Crippen LogP contribution is 2.43. The summed E-state index contributed by atoms with van der Waals surface area (Å²) in [5.74, 6) is 0.231. The van der Waals surface area contributed by atoms with E-state index >= 15 is 0 Å². The summed E-state index contributed by atoms with van der Waals surface area (Å²) in [4.78, 5) is 22.3. The fourth-order valence-electron chi connectivity index (χ4n) is 2.69. The minimum Gasteiger partial charge on any atom is -0.408 e. The Morgan fingerprint density at radius 3 is 2.75 bits per heavy atom. The number of oxazole rings is 1. The van der Waals surface area contributed by atoms with Gasteiger partial charge in [-0.1, -0.05) is 6.42 Å². The van der Waals surface area contributed by atoms with Crippen molar-refractivity contribution in [1.29, 1.82) is 0 Å². The number of hydrogen-bond donors (Lipinski definition) is 1. The summed E-state index contributed by atoms with van der Waals surface area (Å²) in [7, 11) is 0. The maximum atomic E-state index is 12.0. The molecule has 0 spiro atoms. The van der Waals surface area contributed by atoms with Gasteiger partial charge >= 0.3 is 5.76 Å². The Bertz CT molecular complexity index is 724. The van der Waals surface area contributed by atoms with E-state index in [0.717, 1.165) is 19.3 Å². The molecule has 0 amide bonds. The second-order valence-corrected chi connectivity index (χ2v) is 5.69. The standard InChI is InChI=1S/C13H14N2O4S/c16-12-14(7-13(8-20)4-1-5-13)10-6-9(15(17)18)2-3-11(10)19-12/h2-3,6,20H,1,4-5,7-8H2. The van der Waals surface area contributed by atoms with Gasteiger partial charge in [-0.3, -0.25) is 14.7 Å². The molecule has 3 rings (SSSR count). The Labute approximate surface area is 119 Å². The Morgan fingerprint density at radius 1 is 1.45 bits per heavy atom. The fraction of sp³-hybridized carbons (Fsp3) is 0.462. The van der Waals surface area contributed by atoms with E-state index in [1.807, 2.05) is 0 Å². The molecule has 1 fully saturated rings. The van der Waals surface area contributed by atoms with Crippen molar-refractivity contribution >= 4 is 29.4 Å². The molecule has 0 atom stereocenters. The van der Waals surface area contributed by atoms with E-state index in [0.29, 0.717) is 23.4 Å². The van der Waals surface area contributed by atoms with Crippen LogP contribution in [0.4, 0.5) is 5.69 Å². The number of nitro benzene ring substituents is 1. The highest BCUT2D eigenvalue weighted by Gasteiger charge is 2.37. The predicted molar refractivity (Wildman–Crippen MR) is 77.3 cm³/mol. The number of benzene rings is 1. The molecule has 0 bridgehead atoms. The summed E-state index contributed by atoms with van der Waals surface area (Å²) in [6.45, 7) is 0.503. The molecule has 106 valence electrons. The van der Waals surface area contributed by atoms with Crippen LogP contribution in [0.25, 0.3) is 11.1 Å². The van der Waals surface area contributed by atoms with Gasteiger partial charge in [0, 0.05) is 18.7 Å². The van der Waals surface area contributed by atoms with Gasteiger partial charge in [0.1, 0.15) is 0 Å². The molecular weight excluding hydrogens is 280 g/mol. The molecule has 1 heterocycles. The van der Waals surface area contributed by atoms with Gasteiger partial charge in [-0.2, -0.15) is 12.6 Å². The molecule has 20 heavy (non-hydrogen) atoms. The Balaban J connectivity index is 2.09. The topological polar surface area (TPSA) is 78.3 Å².